The molecule has 0 unspecified atom stereocenters. The van der Waals surface area contributed by atoms with Gasteiger partial charge >= 0.3 is 0 Å². The highest BCUT2D eigenvalue weighted by atomic mass is 16.5. The normalized spacial score (nSPS) is 12.3. The zero-order chi connectivity index (χ0) is 18.6. The number of hydrogen-bond acceptors (Lipinski definition) is 7. The van der Waals surface area contributed by atoms with Crippen LogP contribution in [0.4, 0.5) is 11.8 Å². The number of unbranched alkanes of at least 4 members (excludes halogenated alkanes) is 1. The molecule has 0 aliphatic heterocycles. The molecule has 140 valence electrons. The smallest absolute Gasteiger partial charge is 0.251 e. The van der Waals surface area contributed by atoms with Crippen molar-refractivity contribution in [2.45, 2.75) is 52.2 Å². The van der Waals surface area contributed by atoms with Crippen LogP contribution < -0.4 is 10.1 Å². The van der Waals surface area contributed by atoms with Crippen LogP contribution in [-0.4, -0.2) is 38.9 Å². The summed E-state index contributed by atoms with van der Waals surface area (Å²) >= 11 is 0. The molecule has 2 aromatic rings. The van der Waals surface area contributed by atoms with E-state index in [0.29, 0.717) is 30.5 Å². The van der Waals surface area contributed by atoms with Crippen LogP contribution in [0, 0.1) is 0 Å². The highest BCUT2D eigenvalue weighted by Crippen LogP contribution is 2.26. The lowest BCUT2D eigenvalue weighted by atomic mass is 10.1. The fourth-order valence-electron chi connectivity index (χ4n) is 2.47. The first kappa shape index (κ1) is 19.8. The van der Waals surface area contributed by atoms with Gasteiger partial charge in [-0.25, -0.2) is 9.98 Å². The summed E-state index contributed by atoms with van der Waals surface area (Å²) in [5.74, 6) is 1.51. The molecule has 0 saturated carbocycles. The number of aliphatic imine (C=N–C) groups is 1. The van der Waals surface area contributed by atoms with E-state index >= 15 is 0 Å². The van der Waals surface area contributed by atoms with Crippen LogP contribution in [0.15, 0.2) is 35.6 Å². The third-order valence-electron chi connectivity index (χ3n) is 3.81. The van der Waals surface area contributed by atoms with Crippen molar-refractivity contribution >= 4 is 18.0 Å². The van der Waals surface area contributed by atoms with Crippen molar-refractivity contribution < 1.29 is 9.84 Å². The van der Waals surface area contributed by atoms with Gasteiger partial charge in [0.2, 0.25) is 0 Å². The van der Waals surface area contributed by atoms with Crippen LogP contribution in [0.3, 0.4) is 0 Å². The fraction of sp³-hybridized carbons (Fsp3) is 0.474. The van der Waals surface area contributed by atoms with Crippen molar-refractivity contribution in [2.75, 3.05) is 11.9 Å². The van der Waals surface area contributed by atoms with Gasteiger partial charge in [0.1, 0.15) is 6.61 Å². The molecule has 0 saturated heterocycles. The summed E-state index contributed by atoms with van der Waals surface area (Å²) in [5.41, 5.74) is 0.826. The van der Waals surface area contributed by atoms with Gasteiger partial charge in [-0.3, -0.25) is 4.98 Å². The minimum atomic E-state index is 0.116. The molecule has 2 heterocycles. The third-order valence-corrected chi connectivity index (χ3v) is 3.81. The summed E-state index contributed by atoms with van der Waals surface area (Å²) in [6.45, 7) is 4.42. The quantitative estimate of drug-likeness (QED) is 0.598. The number of pyridine rings is 1. The Balaban J connectivity index is 2.17. The van der Waals surface area contributed by atoms with E-state index in [1.165, 1.54) is 0 Å². The highest BCUT2D eigenvalue weighted by molar-refractivity contribution is 5.59. The fourth-order valence-corrected chi connectivity index (χ4v) is 2.47. The summed E-state index contributed by atoms with van der Waals surface area (Å²) in [6, 6.07) is 5.80. The summed E-state index contributed by atoms with van der Waals surface area (Å²) in [7, 11) is 0. The first-order chi connectivity index (χ1) is 12.8. The van der Waals surface area contributed by atoms with Gasteiger partial charge < -0.3 is 15.2 Å². The molecule has 2 rings (SSSR count). The number of anilines is 1. The molecule has 0 aliphatic rings. The number of nitrogens with one attached hydrogen (secondary N) is 1. The Morgan fingerprint density at radius 2 is 2.19 bits per heavy atom. The molecular weight excluding hydrogens is 330 g/mol. The predicted molar refractivity (Wildman–Crippen MR) is 103 cm³/mol. The lowest BCUT2D eigenvalue weighted by molar-refractivity contribution is 0.275. The molecule has 0 aromatic carbocycles. The number of aliphatic hydroxyl groups excluding tert-OH is 1. The molecule has 7 heteroatoms. The maximum Gasteiger partial charge on any atom is 0.251 e. The standard InChI is InChI=1S/C19H27N5O2/c1-3-5-8-15(10-12-25)23-18-17(13-22-19(24-18)20-4-2)26-14-16-9-6-7-11-21-16/h4,6-7,9,11,13,15,25H,3,5,8,10,12,14H2,1-2H3,(H,22,23,24)/b20-4-/t15-/m0/s1. The third kappa shape index (κ3) is 6.40. The van der Waals surface area contributed by atoms with Gasteiger partial charge in [-0.1, -0.05) is 25.8 Å². The SMILES string of the molecule is C/C=N\c1ncc(OCc2ccccn2)c(N[C@H](CCO)CCCC)n1. The van der Waals surface area contributed by atoms with Crippen molar-refractivity contribution in [3.8, 4) is 5.75 Å². The number of nitrogens with zero attached hydrogens (tertiary/aromatic N) is 4. The average molecular weight is 357 g/mol. The van der Waals surface area contributed by atoms with Crippen LogP contribution in [-0.2, 0) is 6.61 Å². The maximum atomic E-state index is 9.34. The Morgan fingerprint density at radius 3 is 2.88 bits per heavy atom. The Kier molecular flexibility index (Phi) is 8.48. The zero-order valence-electron chi connectivity index (χ0n) is 15.4. The largest absolute Gasteiger partial charge is 0.482 e. The van der Waals surface area contributed by atoms with E-state index in [1.807, 2.05) is 25.1 Å². The van der Waals surface area contributed by atoms with Crippen molar-refractivity contribution in [3.05, 3.63) is 36.3 Å². The van der Waals surface area contributed by atoms with E-state index in [1.54, 1.807) is 18.6 Å². The Labute approximate surface area is 154 Å². The second-order valence-corrected chi connectivity index (χ2v) is 5.88. The second kappa shape index (κ2) is 11.1. The Morgan fingerprint density at radius 1 is 1.31 bits per heavy atom. The molecule has 0 radical (unpaired) electrons. The number of rotatable bonds is 11. The number of hydrogen-bond donors (Lipinski definition) is 2. The molecule has 2 aromatic heterocycles. The van der Waals surface area contributed by atoms with E-state index in [2.05, 4.69) is 32.2 Å². The van der Waals surface area contributed by atoms with E-state index in [9.17, 15) is 5.11 Å². The van der Waals surface area contributed by atoms with Crippen LogP contribution in [0.5, 0.6) is 5.75 Å². The van der Waals surface area contributed by atoms with E-state index in [-0.39, 0.29) is 12.6 Å². The van der Waals surface area contributed by atoms with Crippen molar-refractivity contribution in [1.29, 1.82) is 0 Å². The van der Waals surface area contributed by atoms with Gasteiger partial charge in [0.15, 0.2) is 11.6 Å². The molecule has 0 fully saturated rings. The molecule has 26 heavy (non-hydrogen) atoms. The lowest BCUT2D eigenvalue weighted by Crippen LogP contribution is -2.22. The minimum Gasteiger partial charge on any atom is -0.482 e. The molecule has 7 nitrogen and oxygen atoms in total. The number of aromatic nitrogens is 3. The van der Waals surface area contributed by atoms with Gasteiger partial charge in [0.05, 0.1) is 11.9 Å². The van der Waals surface area contributed by atoms with Gasteiger partial charge in [-0.05, 0) is 31.9 Å². The van der Waals surface area contributed by atoms with Gasteiger partial charge in [-0.2, -0.15) is 4.98 Å². The second-order valence-electron chi connectivity index (χ2n) is 5.88. The number of ether oxygens (including phenoxy) is 1. The Bertz CT molecular complexity index is 679. The molecule has 0 amide bonds. The predicted octanol–water partition coefficient (Wildman–Crippen LogP) is 3.53. The molecular formula is C19H27N5O2. The molecule has 0 bridgehead atoms. The van der Waals surface area contributed by atoms with Crippen LogP contribution in [0.1, 0.15) is 45.2 Å². The summed E-state index contributed by atoms with van der Waals surface area (Å²) in [6.07, 6.45) is 8.78. The molecule has 0 aliphatic carbocycles. The van der Waals surface area contributed by atoms with Gasteiger partial charge in [-0.15, -0.1) is 0 Å². The maximum absolute atomic E-state index is 9.34. The summed E-state index contributed by atoms with van der Waals surface area (Å²) in [5, 5.41) is 12.7. The molecule has 1 atom stereocenters. The van der Waals surface area contributed by atoms with E-state index in [0.717, 1.165) is 25.0 Å². The lowest BCUT2D eigenvalue weighted by Gasteiger charge is -2.20. The summed E-state index contributed by atoms with van der Waals surface area (Å²) < 4.78 is 5.88. The Hall–Kier alpha value is -2.54. The molecule has 0 spiro atoms. The minimum absolute atomic E-state index is 0.116. The van der Waals surface area contributed by atoms with E-state index < -0.39 is 0 Å². The first-order valence-electron chi connectivity index (χ1n) is 9.02. The average Bonchev–Trinajstić information content (AvgIpc) is 2.67. The summed E-state index contributed by atoms with van der Waals surface area (Å²) in [4.78, 5) is 17.1. The van der Waals surface area contributed by atoms with Gasteiger partial charge in [0.25, 0.3) is 5.95 Å². The highest BCUT2D eigenvalue weighted by Gasteiger charge is 2.14. The zero-order valence-corrected chi connectivity index (χ0v) is 15.4. The number of aliphatic hydroxyl groups is 1. The van der Waals surface area contributed by atoms with Crippen LogP contribution in [0.25, 0.3) is 0 Å². The van der Waals surface area contributed by atoms with Crippen molar-refractivity contribution in [2.24, 2.45) is 4.99 Å². The van der Waals surface area contributed by atoms with Crippen LogP contribution >= 0.6 is 0 Å². The van der Waals surface area contributed by atoms with Crippen molar-refractivity contribution in [1.82, 2.24) is 15.0 Å². The van der Waals surface area contributed by atoms with Gasteiger partial charge in [0, 0.05) is 25.1 Å². The van der Waals surface area contributed by atoms with E-state index in [4.69, 9.17) is 4.74 Å². The molecule has 2 N–H and O–H groups in total. The first-order valence-corrected chi connectivity index (χ1v) is 9.02. The monoisotopic (exact) mass is 357 g/mol. The van der Waals surface area contributed by atoms with Crippen molar-refractivity contribution in [3.63, 3.8) is 0 Å². The topological polar surface area (TPSA) is 92.5 Å². The van der Waals surface area contributed by atoms with Crippen LogP contribution in [0.2, 0.25) is 0 Å².